The summed E-state index contributed by atoms with van der Waals surface area (Å²) in [6, 6.07) is 14.5. The molecule has 0 aliphatic carbocycles. The molecule has 0 fully saturated rings. The normalized spacial score (nSPS) is 10.8. The van der Waals surface area contributed by atoms with Crippen molar-refractivity contribution in [2.75, 3.05) is 5.32 Å². The first-order valence-corrected chi connectivity index (χ1v) is 7.56. The Morgan fingerprint density at radius 3 is 2.64 bits per heavy atom. The molecular weight excluding hydrogens is 348 g/mol. The van der Waals surface area contributed by atoms with Crippen molar-refractivity contribution in [3.8, 4) is 0 Å². The Morgan fingerprint density at radius 2 is 1.86 bits per heavy atom. The first kappa shape index (κ1) is 14.6. The average molecular weight is 361 g/mol. The number of nitrogens with one attached hydrogen (secondary N) is 1. The van der Waals surface area contributed by atoms with Gasteiger partial charge in [0.1, 0.15) is 0 Å². The van der Waals surface area contributed by atoms with Crippen molar-refractivity contribution in [3.63, 3.8) is 0 Å². The van der Waals surface area contributed by atoms with E-state index >= 15 is 0 Å². The highest BCUT2D eigenvalue weighted by molar-refractivity contribution is 9.10. The van der Waals surface area contributed by atoms with Gasteiger partial charge in [0.2, 0.25) is 5.91 Å². The fraction of sp³-hybridized carbons (Fsp3) is 0.125. The quantitative estimate of drug-likeness (QED) is 0.775. The topological polar surface area (TPSA) is 64.2 Å². The van der Waals surface area contributed by atoms with E-state index in [1.165, 1.54) is 4.57 Å². The highest BCUT2D eigenvalue weighted by Gasteiger charge is 2.10. The van der Waals surface area contributed by atoms with Crippen LogP contribution in [-0.4, -0.2) is 10.5 Å². The first-order valence-electron chi connectivity index (χ1n) is 6.77. The highest BCUT2D eigenvalue weighted by atomic mass is 79.9. The van der Waals surface area contributed by atoms with Gasteiger partial charge in [0.05, 0.1) is 5.52 Å². The number of hydrogen-bond acceptors (Lipinski definition) is 3. The van der Waals surface area contributed by atoms with Gasteiger partial charge < -0.3 is 9.73 Å². The van der Waals surface area contributed by atoms with Crippen LogP contribution in [0.25, 0.3) is 11.1 Å². The maximum atomic E-state index is 12.0. The minimum absolute atomic E-state index is 0.153. The molecule has 0 radical (unpaired) electrons. The van der Waals surface area contributed by atoms with E-state index in [2.05, 4.69) is 21.2 Å². The van der Waals surface area contributed by atoms with Gasteiger partial charge in [-0.2, -0.15) is 0 Å². The molecule has 0 unspecified atom stereocenters. The number of oxazole rings is 1. The summed E-state index contributed by atoms with van der Waals surface area (Å²) in [5.74, 6) is -0.600. The maximum absolute atomic E-state index is 12.0. The molecule has 0 atom stereocenters. The molecule has 0 aliphatic heterocycles. The van der Waals surface area contributed by atoms with Crippen molar-refractivity contribution in [1.82, 2.24) is 4.57 Å². The van der Waals surface area contributed by atoms with Gasteiger partial charge in [-0.3, -0.25) is 9.36 Å². The molecule has 1 heterocycles. The number of carbonyl (C=O) groups is 1. The molecule has 3 aromatic rings. The standard InChI is InChI=1S/C16H13BrN2O3/c17-11-5-7-12(8-6-11)18-15(20)9-10-19-13-3-1-2-4-14(13)22-16(19)21/h1-8H,9-10H2,(H,18,20). The van der Waals surface area contributed by atoms with Gasteiger partial charge in [0.15, 0.2) is 5.58 Å². The Hall–Kier alpha value is -2.34. The number of halogens is 1. The molecule has 1 N–H and O–H groups in total. The minimum atomic E-state index is -0.447. The number of aromatic nitrogens is 1. The van der Waals surface area contributed by atoms with Crippen molar-refractivity contribution in [3.05, 3.63) is 63.6 Å². The molecule has 0 aliphatic rings. The largest absolute Gasteiger partial charge is 0.419 e. The molecule has 1 amide bonds. The van der Waals surface area contributed by atoms with Crippen molar-refractivity contribution in [2.24, 2.45) is 0 Å². The molecule has 0 spiro atoms. The highest BCUT2D eigenvalue weighted by Crippen LogP contribution is 2.15. The zero-order chi connectivity index (χ0) is 15.5. The Kier molecular flexibility index (Phi) is 4.11. The van der Waals surface area contributed by atoms with Crippen molar-refractivity contribution in [2.45, 2.75) is 13.0 Å². The first-order chi connectivity index (χ1) is 10.6. The third kappa shape index (κ3) is 3.12. The van der Waals surface area contributed by atoms with E-state index < -0.39 is 5.76 Å². The number of para-hydroxylation sites is 2. The lowest BCUT2D eigenvalue weighted by Gasteiger charge is -2.05. The lowest BCUT2D eigenvalue weighted by Crippen LogP contribution is -2.19. The third-order valence-corrected chi connectivity index (χ3v) is 3.79. The summed E-state index contributed by atoms with van der Waals surface area (Å²) in [6.45, 7) is 0.276. The Bertz CT molecular complexity index is 865. The molecule has 0 bridgehead atoms. The number of benzene rings is 2. The summed E-state index contributed by atoms with van der Waals surface area (Å²) in [6.07, 6.45) is 0.194. The fourth-order valence-corrected chi connectivity index (χ4v) is 2.46. The second-order valence-electron chi connectivity index (χ2n) is 4.79. The molecule has 22 heavy (non-hydrogen) atoms. The van der Waals surface area contributed by atoms with Crippen LogP contribution in [0.15, 0.2) is 62.2 Å². The van der Waals surface area contributed by atoms with Crippen LogP contribution >= 0.6 is 15.9 Å². The zero-order valence-electron chi connectivity index (χ0n) is 11.6. The number of hydrogen-bond donors (Lipinski definition) is 1. The second kappa shape index (κ2) is 6.19. The molecule has 3 rings (SSSR count). The average Bonchev–Trinajstić information content (AvgIpc) is 2.83. The molecular formula is C16H13BrN2O3. The van der Waals surface area contributed by atoms with Gasteiger partial charge in [-0.1, -0.05) is 28.1 Å². The van der Waals surface area contributed by atoms with Crippen LogP contribution < -0.4 is 11.1 Å². The Balaban J connectivity index is 1.68. The smallest absolute Gasteiger partial charge is 0.408 e. The van der Waals surface area contributed by atoms with E-state index in [-0.39, 0.29) is 18.9 Å². The van der Waals surface area contributed by atoms with Crippen molar-refractivity contribution in [1.29, 1.82) is 0 Å². The van der Waals surface area contributed by atoms with Gasteiger partial charge >= 0.3 is 5.76 Å². The van der Waals surface area contributed by atoms with E-state index in [1.54, 1.807) is 30.3 Å². The van der Waals surface area contributed by atoms with Gasteiger partial charge in [0.25, 0.3) is 0 Å². The minimum Gasteiger partial charge on any atom is -0.408 e. The zero-order valence-corrected chi connectivity index (χ0v) is 13.2. The number of amides is 1. The van der Waals surface area contributed by atoms with Crippen LogP contribution in [0.1, 0.15) is 6.42 Å². The molecule has 1 aromatic heterocycles. The van der Waals surface area contributed by atoms with Crippen LogP contribution in [0.2, 0.25) is 0 Å². The summed E-state index contributed by atoms with van der Waals surface area (Å²) in [5.41, 5.74) is 1.95. The Labute approximate surface area is 134 Å². The van der Waals surface area contributed by atoms with E-state index in [9.17, 15) is 9.59 Å². The SMILES string of the molecule is O=C(CCn1c(=O)oc2ccccc21)Nc1ccc(Br)cc1. The number of anilines is 1. The van der Waals surface area contributed by atoms with Crippen LogP contribution in [0.3, 0.4) is 0 Å². The van der Waals surface area contributed by atoms with Crippen LogP contribution in [0.4, 0.5) is 5.69 Å². The van der Waals surface area contributed by atoms with Gasteiger partial charge in [-0.05, 0) is 36.4 Å². The summed E-state index contributed by atoms with van der Waals surface area (Å²) in [5, 5.41) is 2.79. The maximum Gasteiger partial charge on any atom is 0.419 e. The third-order valence-electron chi connectivity index (χ3n) is 3.26. The molecule has 6 heteroatoms. The summed E-state index contributed by atoms with van der Waals surface area (Å²) in [4.78, 5) is 23.8. The predicted octanol–water partition coefficient (Wildman–Crippen LogP) is 3.39. The van der Waals surface area contributed by atoms with Crippen LogP contribution in [0.5, 0.6) is 0 Å². The molecule has 0 saturated carbocycles. The number of fused-ring (bicyclic) bond motifs is 1. The lowest BCUT2D eigenvalue weighted by atomic mass is 10.3. The van der Waals surface area contributed by atoms with E-state index in [4.69, 9.17) is 4.42 Å². The van der Waals surface area contributed by atoms with E-state index in [0.29, 0.717) is 11.1 Å². The van der Waals surface area contributed by atoms with Crippen molar-refractivity contribution >= 4 is 38.6 Å². The summed E-state index contributed by atoms with van der Waals surface area (Å²) in [7, 11) is 0. The number of rotatable bonds is 4. The molecule has 5 nitrogen and oxygen atoms in total. The van der Waals surface area contributed by atoms with E-state index in [1.807, 2.05) is 18.2 Å². The van der Waals surface area contributed by atoms with Crippen molar-refractivity contribution < 1.29 is 9.21 Å². The molecule has 2 aromatic carbocycles. The predicted molar refractivity (Wildman–Crippen MR) is 87.9 cm³/mol. The Morgan fingerprint density at radius 1 is 1.14 bits per heavy atom. The summed E-state index contributed by atoms with van der Waals surface area (Å²) < 4.78 is 7.55. The van der Waals surface area contributed by atoms with Crippen LogP contribution in [0, 0.1) is 0 Å². The summed E-state index contributed by atoms with van der Waals surface area (Å²) >= 11 is 3.34. The molecule has 112 valence electrons. The number of carbonyl (C=O) groups excluding carboxylic acids is 1. The van der Waals surface area contributed by atoms with Gasteiger partial charge in [-0.15, -0.1) is 0 Å². The van der Waals surface area contributed by atoms with Crippen LogP contribution in [-0.2, 0) is 11.3 Å². The lowest BCUT2D eigenvalue weighted by molar-refractivity contribution is -0.116. The number of aryl methyl sites for hydroxylation is 1. The second-order valence-corrected chi connectivity index (χ2v) is 5.71. The monoisotopic (exact) mass is 360 g/mol. The fourth-order valence-electron chi connectivity index (χ4n) is 2.20. The van der Waals surface area contributed by atoms with Gasteiger partial charge in [0, 0.05) is 23.1 Å². The van der Waals surface area contributed by atoms with E-state index in [0.717, 1.165) is 10.2 Å². The van der Waals surface area contributed by atoms with Gasteiger partial charge in [-0.25, -0.2) is 4.79 Å². The number of nitrogens with zero attached hydrogens (tertiary/aromatic N) is 1. The molecule has 0 saturated heterocycles.